The SMILES string of the molecule is CNC(=O)c1cc(NC(C)c2nccnc2C)ccc1Cl. The van der Waals surface area contributed by atoms with Crippen LogP contribution >= 0.6 is 11.6 Å². The summed E-state index contributed by atoms with van der Waals surface area (Å²) in [6.07, 6.45) is 3.33. The van der Waals surface area contributed by atoms with E-state index in [1.807, 2.05) is 19.9 Å². The van der Waals surface area contributed by atoms with Gasteiger partial charge in [-0.2, -0.15) is 0 Å². The number of benzene rings is 1. The molecule has 5 nitrogen and oxygen atoms in total. The first-order valence-corrected chi connectivity index (χ1v) is 6.96. The van der Waals surface area contributed by atoms with Crippen molar-refractivity contribution in [2.75, 3.05) is 12.4 Å². The molecule has 1 heterocycles. The molecule has 0 fully saturated rings. The van der Waals surface area contributed by atoms with Crippen LogP contribution < -0.4 is 10.6 Å². The van der Waals surface area contributed by atoms with Crippen LogP contribution in [0.5, 0.6) is 0 Å². The summed E-state index contributed by atoms with van der Waals surface area (Å²) in [5, 5.41) is 6.29. The Labute approximate surface area is 128 Å². The minimum absolute atomic E-state index is 0.0302. The summed E-state index contributed by atoms with van der Waals surface area (Å²) >= 11 is 6.04. The van der Waals surface area contributed by atoms with E-state index in [0.717, 1.165) is 17.1 Å². The van der Waals surface area contributed by atoms with Crippen LogP contribution in [0.4, 0.5) is 5.69 Å². The molecular weight excluding hydrogens is 288 g/mol. The lowest BCUT2D eigenvalue weighted by atomic mass is 10.1. The molecule has 1 aromatic heterocycles. The summed E-state index contributed by atoms with van der Waals surface area (Å²) in [6.45, 7) is 3.91. The van der Waals surface area contributed by atoms with Gasteiger partial charge in [0, 0.05) is 25.1 Å². The number of hydrogen-bond donors (Lipinski definition) is 2. The molecule has 1 aromatic carbocycles. The van der Waals surface area contributed by atoms with Crippen molar-refractivity contribution in [3.63, 3.8) is 0 Å². The van der Waals surface area contributed by atoms with Gasteiger partial charge < -0.3 is 10.6 Å². The minimum atomic E-state index is -0.216. The predicted molar refractivity (Wildman–Crippen MR) is 83.6 cm³/mol. The summed E-state index contributed by atoms with van der Waals surface area (Å²) < 4.78 is 0. The summed E-state index contributed by atoms with van der Waals surface area (Å²) in [5.74, 6) is -0.216. The van der Waals surface area contributed by atoms with E-state index in [0.29, 0.717) is 10.6 Å². The van der Waals surface area contributed by atoms with Crippen LogP contribution in [0.3, 0.4) is 0 Å². The summed E-state index contributed by atoms with van der Waals surface area (Å²) in [7, 11) is 1.57. The van der Waals surface area contributed by atoms with E-state index < -0.39 is 0 Å². The highest BCUT2D eigenvalue weighted by molar-refractivity contribution is 6.34. The Morgan fingerprint density at radius 2 is 2.00 bits per heavy atom. The smallest absolute Gasteiger partial charge is 0.252 e. The van der Waals surface area contributed by atoms with Gasteiger partial charge in [0.25, 0.3) is 5.91 Å². The average molecular weight is 305 g/mol. The molecule has 0 spiro atoms. The molecule has 0 saturated heterocycles. The van der Waals surface area contributed by atoms with E-state index in [4.69, 9.17) is 11.6 Å². The highest BCUT2D eigenvalue weighted by Gasteiger charge is 2.13. The van der Waals surface area contributed by atoms with Gasteiger partial charge in [0.05, 0.1) is 28.0 Å². The Hall–Kier alpha value is -2.14. The number of anilines is 1. The third-order valence-corrected chi connectivity index (χ3v) is 3.48. The van der Waals surface area contributed by atoms with E-state index in [9.17, 15) is 4.79 Å². The lowest BCUT2D eigenvalue weighted by Crippen LogP contribution is -2.18. The van der Waals surface area contributed by atoms with Gasteiger partial charge in [0.15, 0.2) is 0 Å². The van der Waals surface area contributed by atoms with Crippen LogP contribution in [0.25, 0.3) is 0 Å². The highest BCUT2D eigenvalue weighted by Crippen LogP contribution is 2.24. The molecule has 0 radical (unpaired) electrons. The van der Waals surface area contributed by atoms with Crippen LogP contribution in [0.2, 0.25) is 5.02 Å². The van der Waals surface area contributed by atoms with Crippen molar-refractivity contribution >= 4 is 23.2 Å². The van der Waals surface area contributed by atoms with Crippen LogP contribution in [0.1, 0.15) is 34.7 Å². The van der Waals surface area contributed by atoms with E-state index in [-0.39, 0.29) is 11.9 Å². The van der Waals surface area contributed by atoms with Crippen LogP contribution in [-0.2, 0) is 0 Å². The fourth-order valence-electron chi connectivity index (χ4n) is 2.09. The molecule has 0 aliphatic carbocycles. The Morgan fingerprint density at radius 1 is 1.29 bits per heavy atom. The first kappa shape index (κ1) is 15.3. The van der Waals surface area contributed by atoms with Gasteiger partial charge in [0.1, 0.15) is 0 Å². The molecule has 2 rings (SSSR count). The molecule has 0 bridgehead atoms. The fourth-order valence-corrected chi connectivity index (χ4v) is 2.29. The number of aryl methyl sites for hydroxylation is 1. The van der Waals surface area contributed by atoms with E-state index in [1.165, 1.54) is 0 Å². The molecule has 2 aromatic rings. The van der Waals surface area contributed by atoms with E-state index in [1.54, 1.807) is 31.6 Å². The first-order valence-electron chi connectivity index (χ1n) is 6.58. The van der Waals surface area contributed by atoms with Crippen molar-refractivity contribution in [2.45, 2.75) is 19.9 Å². The Bertz CT molecular complexity index is 660. The van der Waals surface area contributed by atoms with Crippen LogP contribution in [0, 0.1) is 6.92 Å². The average Bonchev–Trinajstić information content (AvgIpc) is 2.48. The standard InChI is InChI=1S/C15H17ClN4O/c1-9-14(19-7-6-18-9)10(2)20-11-4-5-13(16)12(8-11)15(21)17-3/h4-8,10,20H,1-3H3,(H,17,21). The number of nitrogens with zero attached hydrogens (tertiary/aromatic N) is 2. The third-order valence-electron chi connectivity index (χ3n) is 3.15. The van der Waals surface area contributed by atoms with Gasteiger partial charge in [-0.1, -0.05) is 11.6 Å². The number of carbonyl (C=O) groups excluding carboxylic acids is 1. The molecule has 110 valence electrons. The molecule has 1 atom stereocenters. The number of carbonyl (C=O) groups is 1. The van der Waals surface area contributed by atoms with Gasteiger partial charge in [-0.05, 0) is 32.0 Å². The van der Waals surface area contributed by atoms with E-state index >= 15 is 0 Å². The molecule has 0 aliphatic heterocycles. The number of hydrogen-bond acceptors (Lipinski definition) is 4. The molecule has 0 saturated carbocycles. The maximum Gasteiger partial charge on any atom is 0.252 e. The second kappa shape index (κ2) is 6.54. The van der Waals surface area contributed by atoms with Crippen molar-refractivity contribution in [2.24, 2.45) is 0 Å². The lowest BCUT2D eigenvalue weighted by molar-refractivity contribution is 0.0963. The zero-order valence-corrected chi connectivity index (χ0v) is 12.9. The van der Waals surface area contributed by atoms with Gasteiger partial charge in [0.2, 0.25) is 0 Å². The van der Waals surface area contributed by atoms with Crippen LogP contribution in [-0.4, -0.2) is 22.9 Å². The fraction of sp³-hybridized carbons (Fsp3) is 0.267. The zero-order valence-electron chi connectivity index (χ0n) is 12.1. The summed E-state index contributed by atoms with van der Waals surface area (Å²) in [4.78, 5) is 20.3. The van der Waals surface area contributed by atoms with Gasteiger partial charge in [-0.15, -0.1) is 0 Å². The van der Waals surface area contributed by atoms with Gasteiger partial charge in [-0.3, -0.25) is 14.8 Å². The van der Waals surface area contributed by atoms with Crippen molar-refractivity contribution in [1.82, 2.24) is 15.3 Å². The Kier molecular flexibility index (Phi) is 4.75. The normalized spacial score (nSPS) is 11.8. The van der Waals surface area contributed by atoms with Crippen molar-refractivity contribution in [3.8, 4) is 0 Å². The quantitative estimate of drug-likeness (QED) is 0.911. The third kappa shape index (κ3) is 3.49. The van der Waals surface area contributed by atoms with Gasteiger partial charge >= 0.3 is 0 Å². The zero-order chi connectivity index (χ0) is 15.4. The van der Waals surface area contributed by atoms with Crippen molar-refractivity contribution < 1.29 is 4.79 Å². The maximum atomic E-state index is 11.8. The van der Waals surface area contributed by atoms with Gasteiger partial charge in [-0.25, -0.2) is 0 Å². The molecule has 1 unspecified atom stereocenters. The predicted octanol–water partition coefficient (Wildman–Crippen LogP) is 2.97. The largest absolute Gasteiger partial charge is 0.377 e. The second-order valence-electron chi connectivity index (χ2n) is 4.67. The van der Waals surface area contributed by atoms with Crippen molar-refractivity contribution in [3.05, 3.63) is 52.6 Å². The number of amides is 1. The summed E-state index contributed by atoms with van der Waals surface area (Å²) in [5.41, 5.74) is 2.98. The van der Waals surface area contributed by atoms with Crippen LogP contribution in [0.15, 0.2) is 30.6 Å². The van der Waals surface area contributed by atoms with E-state index in [2.05, 4.69) is 20.6 Å². The maximum absolute atomic E-state index is 11.8. The number of nitrogens with one attached hydrogen (secondary N) is 2. The highest BCUT2D eigenvalue weighted by atomic mass is 35.5. The first-order chi connectivity index (χ1) is 10.0. The molecule has 1 amide bonds. The molecule has 21 heavy (non-hydrogen) atoms. The molecular formula is C15H17ClN4O. The number of halogens is 1. The van der Waals surface area contributed by atoms with Crippen molar-refractivity contribution in [1.29, 1.82) is 0 Å². The Morgan fingerprint density at radius 3 is 2.67 bits per heavy atom. The topological polar surface area (TPSA) is 66.9 Å². The second-order valence-corrected chi connectivity index (χ2v) is 5.07. The Balaban J connectivity index is 2.24. The molecule has 6 heteroatoms. The lowest BCUT2D eigenvalue weighted by Gasteiger charge is -2.17. The molecule has 0 aliphatic rings. The monoisotopic (exact) mass is 304 g/mol. The minimum Gasteiger partial charge on any atom is -0.377 e. The summed E-state index contributed by atoms with van der Waals surface area (Å²) in [6, 6.07) is 5.22. The number of aromatic nitrogens is 2. The molecule has 2 N–H and O–H groups in total. The number of rotatable bonds is 4.